The summed E-state index contributed by atoms with van der Waals surface area (Å²) in [6, 6.07) is 6.30. The lowest BCUT2D eigenvalue weighted by molar-refractivity contribution is -0.133. The Hall–Kier alpha value is -3.03. The Kier molecular flexibility index (Phi) is 4.64. The molecule has 1 saturated heterocycles. The zero-order chi connectivity index (χ0) is 20.8. The van der Waals surface area contributed by atoms with E-state index in [-0.39, 0.29) is 22.9 Å². The van der Waals surface area contributed by atoms with Crippen LogP contribution in [0.15, 0.2) is 23.0 Å². The van der Waals surface area contributed by atoms with Crippen LogP contribution in [-0.4, -0.2) is 48.9 Å². The van der Waals surface area contributed by atoms with Gasteiger partial charge in [-0.05, 0) is 50.7 Å². The first-order chi connectivity index (χ1) is 14.5. The fraction of sp³-hybridized carbons (Fsp3) is 0.500. The third kappa shape index (κ3) is 3.51. The average molecular weight is 406 g/mol. The van der Waals surface area contributed by atoms with Gasteiger partial charge in [0.1, 0.15) is 5.82 Å². The molecule has 1 aromatic carbocycles. The van der Waals surface area contributed by atoms with Gasteiger partial charge >= 0.3 is 0 Å². The quantitative estimate of drug-likeness (QED) is 0.717. The van der Waals surface area contributed by atoms with Crippen molar-refractivity contribution in [2.45, 2.75) is 52.0 Å². The van der Waals surface area contributed by atoms with Crippen molar-refractivity contribution in [2.75, 3.05) is 13.1 Å². The molecule has 2 aliphatic rings. The maximum atomic E-state index is 12.6. The first kappa shape index (κ1) is 19.0. The second kappa shape index (κ2) is 7.34. The highest BCUT2D eigenvalue weighted by Gasteiger charge is 2.35. The number of H-pyrrole nitrogens is 1. The maximum Gasteiger partial charge on any atom is 0.281 e. The topological polar surface area (TPSA) is 96.8 Å². The van der Waals surface area contributed by atoms with Crippen molar-refractivity contribution in [3.63, 3.8) is 0 Å². The van der Waals surface area contributed by atoms with E-state index in [1.165, 1.54) is 11.1 Å². The highest BCUT2D eigenvalue weighted by Crippen LogP contribution is 2.33. The van der Waals surface area contributed by atoms with Crippen molar-refractivity contribution < 1.29 is 4.79 Å². The number of aromatic nitrogens is 5. The number of piperidine rings is 1. The molecule has 0 bridgehead atoms. The van der Waals surface area contributed by atoms with E-state index in [0.717, 1.165) is 44.3 Å². The Morgan fingerprint density at radius 2 is 1.93 bits per heavy atom. The van der Waals surface area contributed by atoms with Crippen LogP contribution in [0.25, 0.3) is 11.2 Å². The molecule has 1 amide bonds. The summed E-state index contributed by atoms with van der Waals surface area (Å²) < 4.78 is 1.71. The molecule has 8 heteroatoms. The summed E-state index contributed by atoms with van der Waals surface area (Å²) in [6.45, 7) is 6.10. The number of benzene rings is 1. The van der Waals surface area contributed by atoms with Crippen LogP contribution in [0.4, 0.5) is 0 Å². The zero-order valence-electron chi connectivity index (χ0n) is 17.4. The summed E-state index contributed by atoms with van der Waals surface area (Å²) in [4.78, 5) is 34.6. The van der Waals surface area contributed by atoms with E-state index in [2.05, 4.69) is 47.3 Å². The highest BCUT2D eigenvalue weighted by molar-refractivity contribution is 5.81. The fourth-order valence-corrected chi connectivity index (χ4v) is 4.28. The smallest absolute Gasteiger partial charge is 0.281 e. The SMILES string of the molecule is Cc1ccc(C)c(Cn2nnc3c(=O)[nH]c(C4CCN(C(=O)C5CC5)CC4)nc32)c1. The molecule has 1 N–H and O–H groups in total. The maximum absolute atomic E-state index is 12.6. The van der Waals surface area contributed by atoms with Gasteiger partial charge in [-0.2, -0.15) is 0 Å². The minimum Gasteiger partial charge on any atom is -0.342 e. The van der Waals surface area contributed by atoms with E-state index in [0.29, 0.717) is 23.9 Å². The van der Waals surface area contributed by atoms with Crippen LogP contribution in [-0.2, 0) is 11.3 Å². The molecule has 8 nitrogen and oxygen atoms in total. The molecule has 0 spiro atoms. The van der Waals surface area contributed by atoms with Crippen molar-refractivity contribution in [3.8, 4) is 0 Å². The van der Waals surface area contributed by atoms with Crippen LogP contribution in [0.3, 0.4) is 0 Å². The van der Waals surface area contributed by atoms with Crippen LogP contribution in [0.5, 0.6) is 0 Å². The van der Waals surface area contributed by atoms with Crippen LogP contribution in [0.1, 0.15) is 54.1 Å². The van der Waals surface area contributed by atoms with Gasteiger partial charge in [-0.1, -0.05) is 29.0 Å². The van der Waals surface area contributed by atoms with Crippen molar-refractivity contribution in [2.24, 2.45) is 5.92 Å². The number of rotatable bonds is 4. The average Bonchev–Trinajstić information content (AvgIpc) is 3.52. The van der Waals surface area contributed by atoms with Crippen molar-refractivity contribution in [3.05, 3.63) is 51.1 Å². The second-order valence-corrected chi connectivity index (χ2v) is 8.67. The van der Waals surface area contributed by atoms with Crippen LogP contribution in [0, 0.1) is 19.8 Å². The van der Waals surface area contributed by atoms with Crippen LogP contribution >= 0.6 is 0 Å². The van der Waals surface area contributed by atoms with Crippen LogP contribution < -0.4 is 5.56 Å². The first-order valence-corrected chi connectivity index (χ1v) is 10.7. The summed E-state index contributed by atoms with van der Waals surface area (Å²) in [6.07, 6.45) is 3.68. The Bertz CT molecular complexity index is 1170. The first-order valence-electron chi connectivity index (χ1n) is 10.7. The van der Waals surface area contributed by atoms with E-state index in [1.54, 1.807) is 4.68 Å². The zero-order valence-corrected chi connectivity index (χ0v) is 17.4. The number of aromatic amines is 1. The van der Waals surface area contributed by atoms with Gasteiger partial charge in [-0.25, -0.2) is 9.67 Å². The second-order valence-electron chi connectivity index (χ2n) is 8.67. The number of amides is 1. The van der Waals surface area contributed by atoms with Crippen LogP contribution in [0.2, 0.25) is 0 Å². The van der Waals surface area contributed by atoms with Crippen molar-refractivity contribution in [1.82, 2.24) is 29.9 Å². The third-order valence-electron chi connectivity index (χ3n) is 6.34. The normalized spacial score (nSPS) is 17.6. The molecule has 2 fully saturated rings. The summed E-state index contributed by atoms with van der Waals surface area (Å²) in [7, 11) is 0. The molecule has 2 aromatic heterocycles. The van der Waals surface area contributed by atoms with Crippen molar-refractivity contribution in [1.29, 1.82) is 0 Å². The van der Waals surface area contributed by atoms with Gasteiger partial charge < -0.3 is 9.88 Å². The lowest BCUT2D eigenvalue weighted by atomic mass is 9.95. The molecule has 0 atom stereocenters. The Morgan fingerprint density at radius 1 is 1.17 bits per heavy atom. The summed E-state index contributed by atoms with van der Waals surface area (Å²) in [5.74, 6) is 1.35. The number of fused-ring (bicyclic) bond motifs is 1. The fourth-order valence-electron chi connectivity index (χ4n) is 4.28. The molecule has 1 saturated carbocycles. The summed E-state index contributed by atoms with van der Waals surface area (Å²) in [5, 5.41) is 8.27. The Labute approximate surface area is 174 Å². The van der Waals surface area contributed by atoms with Gasteiger partial charge in [0.2, 0.25) is 5.91 Å². The summed E-state index contributed by atoms with van der Waals surface area (Å²) in [5.41, 5.74) is 4.02. The van der Waals surface area contributed by atoms with E-state index in [9.17, 15) is 9.59 Å². The number of carbonyl (C=O) groups excluding carboxylic acids is 1. The van der Waals surface area contributed by atoms with Gasteiger partial charge in [0.25, 0.3) is 5.56 Å². The van der Waals surface area contributed by atoms with Gasteiger partial charge in [0.05, 0.1) is 6.54 Å². The van der Waals surface area contributed by atoms with Gasteiger partial charge in [0.15, 0.2) is 11.2 Å². The number of hydrogen-bond donors (Lipinski definition) is 1. The number of hydrogen-bond acceptors (Lipinski definition) is 5. The predicted octanol–water partition coefficient (Wildman–Crippen LogP) is 2.30. The molecule has 1 aliphatic heterocycles. The van der Waals surface area contributed by atoms with E-state index >= 15 is 0 Å². The predicted molar refractivity (Wildman–Crippen MR) is 112 cm³/mol. The molecule has 3 aromatic rings. The third-order valence-corrected chi connectivity index (χ3v) is 6.34. The van der Waals surface area contributed by atoms with Gasteiger partial charge in [-0.15, -0.1) is 5.10 Å². The minimum atomic E-state index is -0.251. The standard InChI is InChI=1S/C22H26N6O2/c1-13-3-4-14(2)17(11-13)12-28-20-18(25-26-28)21(29)24-19(23-20)15-7-9-27(10-8-15)22(30)16-5-6-16/h3-4,11,15-16H,5-10,12H2,1-2H3,(H,23,24,29). The largest absolute Gasteiger partial charge is 0.342 e. The Morgan fingerprint density at radius 3 is 2.67 bits per heavy atom. The Balaban J connectivity index is 1.40. The number of likely N-dealkylation sites (tertiary alicyclic amines) is 1. The monoisotopic (exact) mass is 406 g/mol. The lowest BCUT2D eigenvalue weighted by Crippen LogP contribution is -2.39. The molecule has 1 aliphatic carbocycles. The van der Waals surface area contributed by atoms with E-state index in [4.69, 9.17) is 4.98 Å². The number of carbonyl (C=O) groups is 1. The molecule has 5 rings (SSSR count). The molecule has 0 radical (unpaired) electrons. The molecular formula is C22H26N6O2. The molecular weight excluding hydrogens is 380 g/mol. The minimum absolute atomic E-state index is 0.134. The van der Waals surface area contributed by atoms with Gasteiger partial charge in [0, 0.05) is 24.9 Å². The number of aryl methyl sites for hydroxylation is 2. The summed E-state index contributed by atoms with van der Waals surface area (Å²) >= 11 is 0. The molecule has 30 heavy (non-hydrogen) atoms. The van der Waals surface area contributed by atoms with E-state index < -0.39 is 0 Å². The van der Waals surface area contributed by atoms with Crippen molar-refractivity contribution >= 4 is 17.1 Å². The molecule has 156 valence electrons. The van der Waals surface area contributed by atoms with E-state index in [1.807, 2.05) is 4.90 Å². The number of nitrogens with one attached hydrogen (secondary N) is 1. The molecule has 3 heterocycles. The van der Waals surface area contributed by atoms with Gasteiger partial charge in [-0.3, -0.25) is 9.59 Å². The molecule has 0 unspecified atom stereocenters. The lowest BCUT2D eigenvalue weighted by Gasteiger charge is -2.31. The number of nitrogens with zero attached hydrogens (tertiary/aromatic N) is 5. The highest BCUT2D eigenvalue weighted by atomic mass is 16.2.